The second-order valence-corrected chi connectivity index (χ2v) is 1.59. The Labute approximate surface area is 62.4 Å². The van der Waals surface area contributed by atoms with Gasteiger partial charge in [-0.15, -0.1) is 0 Å². The third kappa shape index (κ3) is 4.23. The van der Waals surface area contributed by atoms with E-state index in [1.165, 1.54) is 0 Å². The number of rotatable bonds is 0. The molecule has 0 spiro atoms. The Kier molecular flexibility index (Phi) is 4.02. The number of thiocarbonyl (C=S) groups is 1. The molecule has 8 heavy (non-hydrogen) atoms. The van der Waals surface area contributed by atoms with Gasteiger partial charge in [0.05, 0.1) is 0 Å². The molecule has 0 bridgehead atoms. The molecule has 0 aromatic carbocycles. The van der Waals surface area contributed by atoms with E-state index >= 15 is 0 Å². The number of carbonyl (C=O) groups is 1. The smallest absolute Gasteiger partial charge is 0.373 e. The van der Waals surface area contributed by atoms with Gasteiger partial charge in [-0.25, -0.2) is 4.79 Å². The van der Waals surface area contributed by atoms with Crippen LogP contribution in [0.3, 0.4) is 0 Å². The molecule has 0 unspecified atom stereocenters. The number of carbonyl (C=O) groups excluding carboxylic acids is 1. The van der Waals surface area contributed by atoms with E-state index in [1.54, 1.807) is 0 Å². The molecule has 0 radical (unpaired) electrons. The molecule has 0 aliphatic rings. The van der Waals surface area contributed by atoms with Gasteiger partial charge in [-0.05, 0) is 0 Å². The summed E-state index contributed by atoms with van der Waals surface area (Å²) in [6, 6.07) is 0. The lowest BCUT2D eigenvalue weighted by molar-refractivity contribution is 0.218. The summed E-state index contributed by atoms with van der Waals surface area (Å²) in [5.74, 6) is 0. The first-order chi connectivity index (χ1) is 3.66. The molecule has 0 saturated carbocycles. The highest BCUT2D eigenvalue weighted by Gasteiger charge is 1.98. The maximum Gasteiger partial charge on any atom is 0.373 e. The molecule has 0 aliphatic carbocycles. The summed E-state index contributed by atoms with van der Waals surface area (Å²) in [5, 5.41) is -1.17. The summed E-state index contributed by atoms with van der Waals surface area (Å²) in [5.41, 5.74) is 0. The highest BCUT2D eigenvalue weighted by molar-refractivity contribution is 7.96. The second-order valence-electron chi connectivity index (χ2n) is 0.709. The zero-order valence-electron chi connectivity index (χ0n) is 3.53. The van der Waals surface area contributed by atoms with E-state index < -0.39 is 5.30 Å². The van der Waals surface area contributed by atoms with Crippen molar-refractivity contribution in [3.05, 3.63) is 0 Å². The monoisotopic (exact) mass is 170 g/mol. The van der Waals surface area contributed by atoms with Gasteiger partial charge in [0, 0.05) is 25.1 Å². The molecule has 0 rings (SSSR count). The van der Waals surface area contributed by atoms with Crippen molar-refractivity contribution in [3.8, 4) is 0 Å². The molecule has 0 fully saturated rings. The molecule has 0 aromatic rings. The fraction of sp³-hybridized carbons (Fsp3) is 0. The molecule has 0 saturated heterocycles. The first-order valence-electron chi connectivity index (χ1n) is 1.43. The quantitative estimate of drug-likeness (QED) is 0.248. The maximum absolute atomic E-state index is 9.85. The Balaban J connectivity index is 3.40. The van der Waals surface area contributed by atoms with Crippen LogP contribution in [0.5, 0.6) is 0 Å². The average Bonchev–Trinajstić information content (AvgIpc) is 1.65. The van der Waals surface area contributed by atoms with Crippen LogP contribution in [0.1, 0.15) is 0 Å². The van der Waals surface area contributed by atoms with Crippen LogP contribution in [-0.2, 0) is 8.92 Å². The predicted molar refractivity (Wildman–Crippen MR) is 38.1 cm³/mol. The fourth-order valence-electron chi connectivity index (χ4n) is 0.0899. The van der Waals surface area contributed by atoms with Gasteiger partial charge < -0.3 is 8.92 Å². The van der Waals surface area contributed by atoms with Crippen molar-refractivity contribution in [2.24, 2.45) is 0 Å². The lowest BCUT2D eigenvalue weighted by Crippen LogP contribution is -2.02. The van der Waals surface area contributed by atoms with Crippen LogP contribution in [0, 0.1) is 0 Å². The average molecular weight is 170 g/mol. The first kappa shape index (κ1) is 8.06. The Morgan fingerprint density at radius 1 is 1.62 bits per heavy atom. The summed E-state index contributed by atoms with van der Waals surface area (Å²) < 4.78 is 8.05. The molecule has 46 valence electrons. The van der Waals surface area contributed by atoms with Crippen LogP contribution in [0.25, 0.3) is 0 Å². The van der Waals surface area contributed by atoms with E-state index in [-0.39, 0.29) is 5.24 Å². The lowest BCUT2D eigenvalue weighted by Gasteiger charge is -1.94. The van der Waals surface area contributed by atoms with Crippen LogP contribution < -0.4 is 0 Å². The van der Waals surface area contributed by atoms with Gasteiger partial charge in [0.15, 0.2) is 0 Å². The molecule has 0 heterocycles. The topological polar surface area (TPSA) is 35.5 Å². The Bertz CT molecular complexity index is 111. The zero-order valence-corrected chi connectivity index (χ0v) is 6.13. The van der Waals surface area contributed by atoms with Crippen molar-refractivity contribution in [2.45, 2.75) is 0 Å². The van der Waals surface area contributed by atoms with Crippen LogP contribution in [0.15, 0.2) is 0 Å². The highest BCUT2D eigenvalue weighted by atomic mass is 32.1. The van der Waals surface area contributed by atoms with E-state index in [9.17, 15) is 4.79 Å². The SMILES string of the molecule is O=C(S)OC(=S)OS. The van der Waals surface area contributed by atoms with Crippen molar-refractivity contribution >= 4 is 48.3 Å². The molecule has 0 N–H and O–H groups in total. The third-order valence-electron chi connectivity index (χ3n) is 0.245. The van der Waals surface area contributed by atoms with Crippen LogP contribution in [0.2, 0.25) is 0 Å². The number of thiol groups is 2. The van der Waals surface area contributed by atoms with E-state index in [4.69, 9.17) is 0 Å². The van der Waals surface area contributed by atoms with Crippen molar-refractivity contribution in [2.75, 3.05) is 0 Å². The minimum Gasteiger partial charge on any atom is -0.385 e. The summed E-state index contributed by atoms with van der Waals surface area (Å²) in [6.07, 6.45) is 0. The van der Waals surface area contributed by atoms with Crippen molar-refractivity contribution < 1.29 is 13.7 Å². The van der Waals surface area contributed by atoms with Crippen LogP contribution in [-0.4, -0.2) is 10.5 Å². The fourth-order valence-corrected chi connectivity index (χ4v) is 0.348. The van der Waals surface area contributed by atoms with Gasteiger partial charge in [0.2, 0.25) is 0 Å². The molecule has 6 heteroatoms. The van der Waals surface area contributed by atoms with Crippen molar-refractivity contribution in [1.82, 2.24) is 0 Å². The Hall–Kier alpha value is 0.0600. The second kappa shape index (κ2) is 3.99. The summed E-state index contributed by atoms with van der Waals surface area (Å²) in [7, 11) is 0. The molecule has 0 aromatic heterocycles. The minimum absolute atomic E-state index is 0.353. The summed E-state index contributed by atoms with van der Waals surface area (Å²) >= 11 is 10.7. The molecular weight excluding hydrogens is 168 g/mol. The van der Waals surface area contributed by atoms with E-state index in [0.29, 0.717) is 0 Å². The third-order valence-corrected chi connectivity index (χ3v) is 0.792. The van der Waals surface area contributed by atoms with Gasteiger partial charge in [0.1, 0.15) is 0 Å². The molecule has 3 nitrogen and oxygen atoms in total. The van der Waals surface area contributed by atoms with Gasteiger partial charge in [-0.2, -0.15) is 0 Å². The summed E-state index contributed by atoms with van der Waals surface area (Å²) in [4.78, 5) is 9.85. The molecule has 0 aliphatic heterocycles. The van der Waals surface area contributed by atoms with Crippen LogP contribution >= 0.6 is 37.8 Å². The van der Waals surface area contributed by atoms with E-state index in [0.717, 1.165) is 0 Å². The van der Waals surface area contributed by atoms with Gasteiger partial charge in [0.25, 0.3) is 0 Å². The van der Waals surface area contributed by atoms with E-state index in [2.05, 4.69) is 46.7 Å². The van der Waals surface area contributed by atoms with Gasteiger partial charge >= 0.3 is 10.5 Å². The van der Waals surface area contributed by atoms with Crippen molar-refractivity contribution in [3.63, 3.8) is 0 Å². The van der Waals surface area contributed by atoms with Gasteiger partial charge in [-0.1, -0.05) is 12.6 Å². The predicted octanol–water partition coefficient (Wildman–Crippen LogP) is 1.20. The number of hydrogen-bond donors (Lipinski definition) is 2. The standard InChI is InChI=1S/C2H2O3S3/c3-1(6)4-2(7)5-8/h8H,(H,3,6). The molecule has 0 atom stereocenters. The zero-order chi connectivity index (χ0) is 6.57. The largest absolute Gasteiger partial charge is 0.385 e. The number of hydrogen-bond acceptors (Lipinski definition) is 5. The van der Waals surface area contributed by atoms with Gasteiger partial charge in [-0.3, -0.25) is 0 Å². The Morgan fingerprint density at radius 2 is 2.12 bits per heavy atom. The molecular formula is C2H2O3S3. The van der Waals surface area contributed by atoms with Crippen LogP contribution in [0.4, 0.5) is 4.79 Å². The molecule has 0 amide bonds. The maximum atomic E-state index is 9.85. The first-order valence-corrected chi connectivity index (χ1v) is 2.65. The summed E-state index contributed by atoms with van der Waals surface area (Å²) in [6.45, 7) is 0. The Morgan fingerprint density at radius 3 is 2.25 bits per heavy atom. The highest BCUT2D eigenvalue weighted by Crippen LogP contribution is 1.92. The minimum atomic E-state index is -0.816. The normalized spacial score (nSPS) is 7.75. The van der Waals surface area contributed by atoms with E-state index in [1.807, 2.05) is 0 Å². The van der Waals surface area contributed by atoms with Crippen molar-refractivity contribution in [1.29, 1.82) is 0 Å². The number of ether oxygens (including phenoxy) is 1. The lowest BCUT2D eigenvalue weighted by atomic mass is 11.4.